The fourth-order valence-electron chi connectivity index (χ4n) is 5.44. The number of ether oxygens (including phenoxy) is 1. The second kappa shape index (κ2) is 10.6. The number of aromatic nitrogens is 2. The maximum Gasteiger partial charge on any atom is 0.407 e. The first kappa shape index (κ1) is 26.7. The Balaban J connectivity index is 1.32. The van der Waals surface area contributed by atoms with Crippen LogP contribution in [0.1, 0.15) is 82.3 Å². The van der Waals surface area contributed by atoms with E-state index in [9.17, 15) is 18.0 Å². The van der Waals surface area contributed by atoms with E-state index in [1.54, 1.807) is 16.6 Å². The fraction of sp³-hybridized carbons (Fsp3) is 0.750. The van der Waals surface area contributed by atoms with Crippen LogP contribution in [0.5, 0.6) is 0 Å². The lowest BCUT2D eigenvalue weighted by Gasteiger charge is -2.42. The summed E-state index contributed by atoms with van der Waals surface area (Å²) < 4.78 is 35.7. The molecule has 3 aliphatic heterocycles. The van der Waals surface area contributed by atoms with Crippen molar-refractivity contribution in [1.29, 1.82) is 0 Å². The van der Waals surface area contributed by atoms with Crippen LogP contribution in [0.4, 0.5) is 4.79 Å². The Hall–Kier alpha value is -2.31. The van der Waals surface area contributed by atoms with Crippen molar-refractivity contribution in [2.75, 3.05) is 13.1 Å². The van der Waals surface area contributed by atoms with Gasteiger partial charge in [-0.05, 0) is 77.3 Å². The number of aryl methyl sites for hydroxylation is 1. The second-order valence-electron chi connectivity index (χ2n) is 11.0. The van der Waals surface area contributed by atoms with Crippen LogP contribution in [0.15, 0.2) is 12.3 Å². The number of nitrogens with zero attached hydrogens (tertiary/aromatic N) is 4. The summed E-state index contributed by atoms with van der Waals surface area (Å²) in [4.78, 5) is 24.8. The maximum absolute atomic E-state index is 13.6. The molecule has 2 amide bonds. The predicted molar refractivity (Wildman–Crippen MR) is 133 cm³/mol. The highest BCUT2D eigenvalue weighted by Crippen LogP contribution is 2.39. The lowest BCUT2D eigenvalue weighted by molar-refractivity contribution is 0.0488. The van der Waals surface area contributed by atoms with Crippen molar-refractivity contribution in [2.24, 2.45) is 0 Å². The Morgan fingerprint density at radius 2 is 1.69 bits per heavy atom. The molecular formula is C24H38N6O5S. The lowest BCUT2D eigenvalue weighted by Crippen LogP contribution is -2.57. The van der Waals surface area contributed by atoms with Gasteiger partial charge in [-0.2, -0.15) is 22.1 Å². The molecule has 2 N–H and O–H groups in total. The second-order valence-corrected chi connectivity index (χ2v) is 12.8. The third kappa shape index (κ3) is 6.15. The molecule has 1 aromatic rings. The number of piperidine rings is 2. The standard InChI is InChI=1S/C24H38N6O5S/c1-5-16-12-21(28-25-15-16)22(31)26-18-13-19-6-7-20(14-18)30(19)36(33,34)29-10-8-17(9-11-29)27-23(32)35-24(2,3)4/h12,15,17-20H,5-11,13-14H2,1-4H3,(H,26,31)(H,27,32)/t18-,19+,20-. The molecule has 2 bridgehead atoms. The first-order valence-corrected chi connectivity index (χ1v) is 14.3. The SMILES string of the molecule is CCc1cnnc(C(=O)N[C@H]2C[C@H]3CC[C@@H](C2)N3S(=O)(=O)N2CCC(NC(=O)OC(C)(C)C)CC2)c1. The van der Waals surface area contributed by atoms with Gasteiger partial charge >= 0.3 is 6.09 Å². The number of rotatable bonds is 6. The smallest absolute Gasteiger partial charge is 0.407 e. The zero-order chi connectivity index (χ0) is 26.1. The van der Waals surface area contributed by atoms with E-state index in [2.05, 4.69) is 20.8 Å². The van der Waals surface area contributed by atoms with Crippen LogP contribution >= 0.6 is 0 Å². The summed E-state index contributed by atoms with van der Waals surface area (Å²) in [7, 11) is -3.63. The molecular weight excluding hydrogens is 484 g/mol. The van der Waals surface area contributed by atoms with Crippen molar-refractivity contribution in [2.45, 2.75) is 102 Å². The number of hydrogen-bond acceptors (Lipinski definition) is 7. The van der Waals surface area contributed by atoms with Gasteiger partial charge in [-0.1, -0.05) is 6.92 Å². The first-order chi connectivity index (χ1) is 17.0. The number of carbonyl (C=O) groups is 2. The molecule has 0 unspecified atom stereocenters. The molecule has 3 saturated heterocycles. The van der Waals surface area contributed by atoms with E-state index in [0.717, 1.165) is 24.8 Å². The molecule has 12 heteroatoms. The highest BCUT2D eigenvalue weighted by molar-refractivity contribution is 7.86. The molecule has 36 heavy (non-hydrogen) atoms. The number of fused-ring (bicyclic) bond motifs is 2. The Labute approximate surface area is 213 Å². The van der Waals surface area contributed by atoms with Crippen molar-refractivity contribution in [1.82, 2.24) is 29.4 Å². The van der Waals surface area contributed by atoms with E-state index in [0.29, 0.717) is 44.5 Å². The topological polar surface area (TPSA) is 134 Å². The number of hydrogen-bond donors (Lipinski definition) is 2. The van der Waals surface area contributed by atoms with Crippen molar-refractivity contribution in [3.63, 3.8) is 0 Å². The van der Waals surface area contributed by atoms with E-state index in [4.69, 9.17) is 4.74 Å². The summed E-state index contributed by atoms with van der Waals surface area (Å²) in [6.45, 7) is 8.12. The van der Waals surface area contributed by atoms with Gasteiger partial charge in [0.1, 0.15) is 5.60 Å². The molecule has 1 aromatic heterocycles. The van der Waals surface area contributed by atoms with E-state index >= 15 is 0 Å². The van der Waals surface area contributed by atoms with Gasteiger partial charge in [0.05, 0.1) is 6.20 Å². The van der Waals surface area contributed by atoms with Gasteiger partial charge in [-0.15, -0.1) is 5.10 Å². The molecule has 3 fully saturated rings. The molecule has 0 saturated carbocycles. The molecule has 0 aromatic carbocycles. The van der Waals surface area contributed by atoms with E-state index in [-0.39, 0.29) is 30.1 Å². The Bertz CT molecular complexity index is 1050. The quantitative estimate of drug-likeness (QED) is 0.584. The monoisotopic (exact) mass is 522 g/mol. The van der Waals surface area contributed by atoms with Crippen LogP contribution < -0.4 is 10.6 Å². The summed E-state index contributed by atoms with van der Waals surface area (Å²) >= 11 is 0. The summed E-state index contributed by atoms with van der Waals surface area (Å²) in [5.41, 5.74) is 0.659. The van der Waals surface area contributed by atoms with Crippen LogP contribution in [0.25, 0.3) is 0 Å². The Morgan fingerprint density at radius 1 is 1.06 bits per heavy atom. The van der Waals surface area contributed by atoms with Crippen molar-refractivity contribution < 1.29 is 22.7 Å². The first-order valence-electron chi connectivity index (χ1n) is 12.9. The molecule has 3 atom stereocenters. The normalized spacial score (nSPS) is 25.9. The molecule has 0 aliphatic carbocycles. The Kier molecular flexibility index (Phi) is 7.86. The number of amides is 2. The van der Waals surface area contributed by atoms with Gasteiger partial charge in [-0.3, -0.25) is 4.79 Å². The number of nitrogens with one attached hydrogen (secondary N) is 2. The number of carbonyl (C=O) groups excluding carboxylic acids is 2. The summed E-state index contributed by atoms with van der Waals surface area (Å²) in [6, 6.07) is 1.27. The maximum atomic E-state index is 13.6. The molecule has 4 heterocycles. The van der Waals surface area contributed by atoms with Crippen LogP contribution in [-0.2, 0) is 21.4 Å². The van der Waals surface area contributed by atoms with Gasteiger partial charge in [-0.25, -0.2) is 4.79 Å². The van der Waals surface area contributed by atoms with Gasteiger partial charge in [0.25, 0.3) is 16.1 Å². The molecule has 4 rings (SSSR count). The largest absolute Gasteiger partial charge is 0.444 e. The molecule has 0 spiro atoms. The zero-order valence-corrected chi connectivity index (χ0v) is 22.4. The molecule has 11 nitrogen and oxygen atoms in total. The zero-order valence-electron chi connectivity index (χ0n) is 21.6. The average Bonchev–Trinajstić information content (AvgIpc) is 3.10. The van der Waals surface area contributed by atoms with Gasteiger partial charge in [0.15, 0.2) is 5.69 Å². The van der Waals surface area contributed by atoms with Crippen molar-refractivity contribution >= 4 is 22.2 Å². The van der Waals surface area contributed by atoms with Crippen molar-refractivity contribution in [3.05, 3.63) is 23.5 Å². The van der Waals surface area contributed by atoms with E-state index in [1.807, 2.05) is 27.7 Å². The minimum absolute atomic E-state index is 0.0997. The predicted octanol–water partition coefficient (Wildman–Crippen LogP) is 2.00. The summed E-state index contributed by atoms with van der Waals surface area (Å²) in [6.07, 6.45) is 5.77. The average molecular weight is 523 g/mol. The van der Waals surface area contributed by atoms with E-state index in [1.165, 1.54) is 4.31 Å². The van der Waals surface area contributed by atoms with Crippen LogP contribution in [-0.4, -0.2) is 82.1 Å². The minimum Gasteiger partial charge on any atom is -0.444 e. The third-order valence-electron chi connectivity index (χ3n) is 7.12. The van der Waals surface area contributed by atoms with Gasteiger partial charge < -0.3 is 15.4 Å². The molecule has 3 aliphatic rings. The fourth-order valence-corrected chi connectivity index (χ4v) is 7.51. The summed E-state index contributed by atoms with van der Waals surface area (Å²) in [5, 5.41) is 13.8. The summed E-state index contributed by atoms with van der Waals surface area (Å²) in [5.74, 6) is -0.266. The Morgan fingerprint density at radius 3 is 2.28 bits per heavy atom. The number of alkyl carbamates (subject to hydrolysis) is 1. The van der Waals surface area contributed by atoms with Crippen LogP contribution in [0.2, 0.25) is 0 Å². The lowest BCUT2D eigenvalue weighted by atomic mass is 9.99. The van der Waals surface area contributed by atoms with Gasteiger partial charge in [0.2, 0.25) is 0 Å². The van der Waals surface area contributed by atoms with Crippen LogP contribution in [0.3, 0.4) is 0 Å². The van der Waals surface area contributed by atoms with Crippen molar-refractivity contribution in [3.8, 4) is 0 Å². The minimum atomic E-state index is -3.63. The third-order valence-corrected chi connectivity index (χ3v) is 9.27. The van der Waals surface area contributed by atoms with Crippen LogP contribution in [0, 0.1) is 0 Å². The highest BCUT2D eigenvalue weighted by Gasteiger charge is 2.49. The molecule has 0 radical (unpaired) electrons. The highest BCUT2D eigenvalue weighted by atomic mass is 32.2. The van der Waals surface area contributed by atoms with Gasteiger partial charge in [0, 0.05) is 37.3 Å². The molecule has 200 valence electrons. The van der Waals surface area contributed by atoms with E-state index < -0.39 is 21.9 Å².